The molecule has 1 aromatic heterocycles. The summed E-state index contributed by atoms with van der Waals surface area (Å²) in [7, 11) is 0. The number of rotatable bonds is 2. The highest BCUT2D eigenvalue weighted by Crippen LogP contribution is 2.21. The summed E-state index contributed by atoms with van der Waals surface area (Å²) in [4.78, 5) is 21.5. The van der Waals surface area contributed by atoms with E-state index in [1.807, 2.05) is 0 Å². The molecule has 0 unspecified atom stereocenters. The number of hydrogen-bond donors (Lipinski definition) is 2. The topological polar surface area (TPSA) is 96.4 Å². The van der Waals surface area contributed by atoms with Gasteiger partial charge in [0.1, 0.15) is 5.60 Å². The molecule has 7 heteroatoms. The summed E-state index contributed by atoms with van der Waals surface area (Å²) in [5, 5.41) is 11.0. The van der Waals surface area contributed by atoms with Crippen LogP contribution in [-0.2, 0) is 4.74 Å². The average molecular weight is 212 g/mol. The number of nitrogens with zero attached hydrogens (tertiary/aromatic N) is 2. The van der Waals surface area contributed by atoms with Crippen molar-refractivity contribution < 1.29 is 9.53 Å². The fourth-order valence-electron chi connectivity index (χ4n) is 0.847. The van der Waals surface area contributed by atoms with Crippen LogP contribution in [0.15, 0.2) is 11.4 Å². The number of ether oxygens (including phenoxy) is 1. The Kier molecular flexibility index (Phi) is 3.03. The molecule has 7 nitrogen and oxygen atoms in total. The van der Waals surface area contributed by atoms with Gasteiger partial charge < -0.3 is 4.74 Å². The lowest BCUT2D eigenvalue weighted by Gasteiger charge is -2.19. The van der Waals surface area contributed by atoms with Crippen LogP contribution in [0.2, 0.25) is 0 Å². The lowest BCUT2D eigenvalue weighted by molar-refractivity contribution is 0.0635. The number of nitrogens with one attached hydrogen (secondary N) is 2. The van der Waals surface area contributed by atoms with Crippen molar-refractivity contribution in [2.24, 2.45) is 5.18 Å². The van der Waals surface area contributed by atoms with Gasteiger partial charge in [-0.05, 0) is 25.9 Å². The molecule has 0 atom stereocenters. The molecule has 0 aliphatic heterocycles. The molecule has 0 aromatic carbocycles. The first-order valence-electron chi connectivity index (χ1n) is 4.29. The van der Waals surface area contributed by atoms with Crippen molar-refractivity contribution in [3.63, 3.8) is 0 Å². The lowest BCUT2D eigenvalue weighted by atomic mass is 10.2. The molecular weight excluding hydrogens is 200 g/mol. The Labute approximate surface area is 86.2 Å². The maximum atomic E-state index is 11.3. The van der Waals surface area contributed by atoms with Gasteiger partial charge in [-0.15, -0.1) is 4.91 Å². The van der Waals surface area contributed by atoms with Gasteiger partial charge in [-0.3, -0.25) is 10.4 Å². The van der Waals surface area contributed by atoms with E-state index >= 15 is 0 Å². The van der Waals surface area contributed by atoms with E-state index in [2.05, 4.69) is 20.7 Å². The predicted octanol–water partition coefficient (Wildman–Crippen LogP) is 2.15. The predicted molar refractivity (Wildman–Crippen MR) is 53.9 cm³/mol. The molecule has 0 fully saturated rings. The minimum atomic E-state index is -0.670. The molecule has 1 aromatic rings. The maximum absolute atomic E-state index is 11.3. The monoisotopic (exact) mass is 212 g/mol. The molecule has 15 heavy (non-hydrogen) atoms. The standard InChI is InChI=1S/C8H12N4O3/c1-8(2,3)15-7(13)10-6-5(12-14)4-9-11-6/h4H,1-3H3,(H2,9,10,11,13). The fourth-order valence-corrected chi connectivity index (χ4v) is 0.847. The quantitative estimate of drug-likeness (QED) is 0.734. The number of aromatic amines is 1. The minimum Gasteiger partial charge on any atom is -0.444 e. The Balaban J connectivity index is 2.63. The van der Waals surface area contributed by atoms with Crippen molar-refractivity contribution in [3.05, 3.63) is 11.1 Å². The Morgan fingerprint density at radius 1 is 1.60 bits per heavy atom. The van der Waals surface area contributed by atoms with Crippen molar-refractivity contribution in [3.8, 4) is 0 Å². The number of H-pyrrole nitrogens is 1. The summed E-state index contributed by atoms with van der Waals surface area (Å²) in [6.07, 6.45) is 0.538. The number of anilines is 1. The highest BCUT2D eigenvalue weighted by molar-refractivity contribution is 5.86. The van der Waals surface area contributed by atoms with Crippen molar-refractivity contribution in [1.29, 1.82) is 0 Å². The molecule has 1 heterocycles. The SMILES string of the molecule is CC(C)(C)OC(=O)Nc1[nH]ncc1N=O. The van der Waals surface area contributed by atoms with Crippen LogP contribution in [0.25, 0.3) is 0 Å². The molecule has 0 saturated heterocycles. The normalized spacial score (nSPS) is 10.9. The van der Waals surface area contributed by atoms with E-state index in [0.717, 1.165) is 0 Å². The third kappa shape index (κ3) is 3.37. The van der Waals surface area contributed by atoms with Gasteiger partial charge in [0.15, 0.2) is 11.5 Å². The lowest BCUT2D eigenvalue weighted by Crippen LogP contribution is -2.27. The van der Waals surface area contributed by atoms with Gasteiger partial charge >= 0.3 is 6.09 Å². The van der Waals surface area contributed by atoms with Crippen LogP contribution in [0, 0.1) is 4.91 Å². The van der Waals surface area contributed by atoms with E-state index in [0.29, 0.717) is 0 Å². The third-order valence-electron chi connectivity index (χ3n) is 1.34. The largest absolute Gasteiger partial charge is 0.444 e. The minimum absolute atomic E-state index is 0.0286. The van der Waals surface area contributed by atoms with Crippen molar-refractivity contribution in [2.45, 2.75) is 26.4 Å². The summed E-state index contributed by atoms with van der Waals surface area (Å²) >= 11 is 0. The van der Waals surface area contributed by atoms with Gasteiger partial charge in [-0.2, -0.15) is 5.10 Å². The molecular formula is C8H12N4O3. The summed E-state index contributed by atoms with van der Waals surface area (Å²) in [6, 6.07) is 0. The van der Waals surface area contributed by atoms with Crippen LogP contribution in [0.3, 0.4) is 0 Å². The maximum Gasteiger partial charge on any atom is 0.413 e. The highest BCUT2D eigenvalue weighted by Gasteiger charge is 2.17. The number of nitroso groups, excluding NO2 is 1. The molecule has 0 spiro atoms. The Morgan fingerprint density at radius 3 is 2.80 bits per heavy atom. The van der Waals surface area contributed by atoms with E-state index in [4.69, 9.17) is 4.74 Å². The second-order valence-electron chi connectivity index (χ2n) is 3.85. The van der Waals surface area contributed by atoms with Gasteiger partial charge in [0.25, 0.3) is 0 Å². The number of amides is 1. The number of carbonyl (C=O) groups excluding carboxylic acids is 1. The van der Waals surface area contributed by atoms with E-state index in [1.54, 1.807) is 20.8 Å². The zero-order chi connectivity index (χ0) is 11.5. The molecule has 0 aliphatic carbocycles. The summed E-state index contributed by atoms with van der Waals surface area (Å²) in [6.45, 7) is 5.20. The first-order chi connectivity index (χ1) is 6.92. The second-order valence-corrected chi connectivity index (χ2v) is 3.85. The molecule has 0 bridgehead atoms. The molecule has 1 rings (SSSR count). The molecule has 82 valence electrons. The second kappa shape index (κ2) is 4.07. The van der Waals surface area contributed by atoms with Crippen molar-refractivity contribution >= 4 is 17.6 Å². The van der Waals surface area contributed by atoms with E-state index in [-0.39, 0.29) is 11.5 Å². The van der Waals surface area contributed by atoms with Crippen LogP contribution in [0.5, 0.6) is 0 Å². The van der Waals surface area contributed by atoms with E-state index < -0.39 is 11.7 Å². The van der Waals surface area contributed by atoms with Crippen molar-refractivity contribution in [1.82, 2.24) is 10.2 Å². The zero-order valence-electron chi connectivity index (χ0n) is 8.70. The highest BCUT2D eigenvalue weighted by atomic mass is 16.6. The molecule has 0 radical (unpaired) electrons. The molecule has 0 saturated carbocycles. The molecule has 0 aliphatic rings. The Morgan fingerprint density at radius 2 is 2.27 bits per heavy atom. The average Bonchev–Trinajstić information content (AvgIpc) is 2.48. The number of hydrogen-bond acceptors (Lipinski definition) is 5. The molecule has 2 N–H and O–H groups in total. The van der Waals surface area contributed by atoms with Gasteiger partial charge in [0.05, 0.1) is 6.20 Å². The van der Waals surface area contributed by atoms with E-state index in [9.17, 15) is 9.70 Å². The first kappa shape index (κ1) is 11.2. The number of carbonyl (C=O) groups is 1. The van der Waals surface area contributed by atoms with Gasteiger partial charge in [-0.1, -0.05) is 0 Å². The summed E-state index contributed by atoms with van der Waals surface area (Å²) in [5.74, 6) is 0.124. The van der Waals surface area contributed by atoms with Crippen LogP contribution < -0.4 is 5.32 Å². The van der Waals surface area contributed by atoms with Gasteiger partial charge in [-0.25, -0.2) is 4.79 Å². The smallest absolute Gasteiger partial charge is 0.413 e. The van der Waals surface area contributed by atoms with Crippen LogP contribution >= 0.6 is 0 Å². The number of aromatic nitrogens is 2. The van der Waals surface area contributed by atoms with Gasteiger partial charge in [0.2, 0.25) is 0 Å². The molecule has 1 amide bonds. The van der Waals surface area contributed by atoms with E-state index in [1.165, 1.54) is 6.20 Å². The first-order valence-corrected chi connectivity index (χ1v) is 4.29. The van der Waals surface area contributed by atoms with Crippen LogP contribution in [0.4, 0.5) is 16.3 Å². The summed E-state index contributed by atoms with van der Waals surface area (Å²) < 4.78 is 4.97. The Hall–Kier alpha value is -1.92. The fraction of sp³-hybridized carbons (Fsp3) is 0.500. The Bertz CT molecular complexity index is 366. The van der Waals surface area contributed by atoms with Crippen LogP contribution in [-0.4, -0.2) is 21.9 Å². The van der Waals surface area contributed by atoms with Gasteiger partial charge in [0, 0.05) is 0 Å². The van der Waals surface area contributed by atoms with Crippen molar-refractivity contribution in [2.75, 3.05) is 5.32 Å². The summed E-state index contributed by atoms with van der Waals surface area (Å²) in [5.41, 5.74) is -0.570. The van der Waals surface area contributed by atoms with Crippen LogP contribution in [0.1, 0.15) is 20.8 Å². The third-order valence-corrected chi connectivity index (χ3v) is 1.34. The zero-order valence-corrected chi connectivity index (χ0v) is 8.70.